The van der Waals surface area contributed by atoms with E-state index in [1.54, 1.807) is 19.1 Å². The van der Waals surface area contributed by atoms with Gasteiger partial charge in [-0.1, -0.05) is 32.1 Å². The Hall–Kier alpha value is -2.11. The van der Waals surface area contributed by atoms with Crippen molar-refractivity contribution in [1.29, 1.82) is 0 Å². The molecule has 0 aromatic heterocycles. The van der Waals surface area contributed by atoms with Crippen molar-refractivity contribution in [3.63, 3.8) is 0 Å². The molecule has 3 rings (SSSR count). The lowest BCUT2D eigenvalue weighted by Crippen LogP contribution is -2.43. The summed E-state index contributed by atoms with van der Waals surface area (Å²) in [6, 6.07) is 4.21. The second-order valence-electron chi connectivity index (χ2n) is 8.12. The van der Waals surface area contributed by atoms with E-state index in [2.05, 4.69) is 15.5 Å². The molecule has 1 aromatic carbocycles. The van der Waals surface area contributed by atoms with Gasteiger partial charge >= 0.3 is 0 Å². The van der Waals surface area contributed by atoms with Crippen molar-refractivity contribution >= 4 is 23.2 Å². The number of rotatable bonds is 5. The van der Waals surface area contributed by atoms with Crippen LogP contribution in [0.15, 0.2) is 18.2 Å². The average molecular weight is 390 g/mol. The molecule has 2 N–H and O–H groups in total. The third-order valence-electron chi connectivity index (χ3n) is 5.89. The minimum atomic E-state index is -0.648. The quantitative estimate of drug-likeness (QED) is 0.792. The van der Waals surface area contributed by atoms with Crippen LogP contribution in [-0.4, -0.2) is 30.9 Å². The monoisotopic (exact) mass is 389 g/mol. The number of carbonyl (C=O) groups is 2. The van der Waals surface area contributed by atoms with Crippen molar-refractivity contribution in [3.05, 3.63) is 24.0 Å². The van der Waals surface area contributed by atoms with Crippen molar-refractivity contribution < 1.29 is 14.0 Å². The Kier molecular flexibility index (Phi) is 7.29. The van der Waals surface area contributed by atoms with Crippen LogP contribution in [0.4, 0.5) is 15.8 Å². The second-order valence-corrected chi connectivity index (χ2v) is 8.12. The minimum absolute atomic E-state index is 0.0183. The summed E-state index contributed by atoms with van der Waals surface area (Å²) in [5.74, 6) is -0.686. The van der Waals surface area contributed by atoms with Crippen molar-refractivity contribution in [2.75, 3.05) is 23.3 Å². The molecule has 6 heteroatoms. The molecule has 1 saturated carbocycles. The molecule has 154 valence electrons. The van der Waals surface area contributed by atoms with Gasteiger partial charge in [-0.25, -0.2) is 4.39 Å². The molecule has 1 atom stereocenters. The van der Waals surface area contributed by atoms with Gasteiger partial charge in [0.05, 0.1) is 5.69 Å². The smallest absolute Gasteiger partial charge is 0.246 e. The van der Waals surface area contributed by atoms with E-state index in [1.807, 2.05) is 0 Å². The van der Waals surface area contributed by atoms with Crippen LogP contribution in [0.5, 0.6) is 0 Å². The van der Waals surface area contributed by atoms with Crippen molar-refractivity contribution in [3.8, 4) is 0 Å². The number of hydrogen-bond acceptors (Lipinski definition) is 3. The van der Waals surface area contributed by atoms with Gasteiger partial charge in [-0.2, -0.15) is 0 Å². The topological polar surface area (TPSA) is 61.4 Å². The van der Waals surface area contributed by atoms with Gasteiger partial charge in [-0.3, -0.25) is 9.59 Å². The van der Waals surface area contributed by atoms with E-state index in [0.717, 1.165) is 51.6 Å². The van der Waals surface area contributed by atoms with E-state index >= 15 is 0 Å². The molecule has 0 unspecified atom stereocenters. The molecule has 2 aliphatic rings. The van der Waals surface area contributed by atoms with E-state index < -0.39 is 6.04 Å². The number of benzene rings is 1. The van der Waals surface area contributed by atoms with Gasteiger partial charge in [-0.15, -0.1) is 0 Å². The van der Waals surface area contributed by atoms with Crippen LogP contribution >= 0.6 is 0 Å². The Morgan fingerprint density at radius 1 is 1.04 bits per heavy atom. The van der Waals surface area contributed by atoms with Crippen LogP contribution in [0.25, 0.3) is 0 Å². The number of anilines is 2. The maximum Gasteiger partial charge on any atom is 0.246 e. The number of nitrogens with one attached hydrogen (secondary N) is 2. The first-order valence-electron chi connectivity index (χ1n) is 10.7. The van der Waals surface area contributed by atoms with Crippen molar-refractivity contribution in [2.45, 2.75) is 70.8 Å². The maximum atomic E-state index is 14.7. The van der Waals surface area contributed by atoms with E-state index in [1.165, 1.54) is 25.3 Å². The molecule has 0 spiro atoms. The van der Waals surface area contributed by atoms with E-state index in [4.69, 9.17) is 0 Å². The molecule has 1 heterocycles. The third-order valence-corrected chi connectivity index (χ3v) is 5.89. The number of carbonyl (C=O) groups excluding carboxylic acids is 2. The number of amides is 2. The molecule has 1 saturated heterocycles. The van der Waals surface area contributed by atoms with Crippen LogP contribution in [0, 0.1) is 11.7 Å². The van der Waals surface area contributed by atoms with Gasteiger partial charge in [0.25, 0.3) is 0 Å². The summed E-state index contributed by atoms with van der Waals surface area (Å²) in [6.45, 7) is 3.40. The summed E-state index contributed by atoms with van der Waals surface area (Å²) in [5.41, 5.74) is 1.02. The zero-order valence-electron chi connectivity index (χ0n) is 16.8. The fourth-order valence-corrected chi connectivity index (χ4v) is 4.16. The Morgan fingerprint density at radius 3 is 2.32 bits per heavy atom. The lowest BCUT2D eigenvalue weighted by Gasteiger charge is -2.27. The Morgan fingerprint density at radius 2 is 1.68 bits per heavy atom. The molecular weight excluding hydrogens is 357 g/mol. The molecule has 1 aromatic rings. The lowest BCUT2D eigenvalue weighted by atomic mass is 10.1. The number of halogens is 1. The number of nitrogens with zero attached hydrogens (tertiary/aromatic N) is 1. The van der Waals surface area contributed by atoms with Gasteiger partial charge in [0, 0.05) is 24.7 Å². The highest BCUT2D eigenvalue weighted by Crippen LogP contribution is 2.26. The molecule has 1 aliphatic carbocycles. The van der Waals surface area contributed by atoms with Gasteiger partial charge < -0.3 is 15.5 Å². The van der Waals surface area contributed by atoms with Crippen LogP contribution in [-0.2, 0) is 9.59 Å². The zero-order chi connectivity index (χ0) is 19.9. The van der Waals surface area contributed by atoms with E-state index in [9.17, 15) is 14.0 Å². The van der Waals surface area contributed by atoms with Crippen molar-refractivity contribution in [1.82, 2.24) is 5.32 Å². The molecular formula is C22H32FN3O2. The summed E-state index contributed by atoms with van der Waals surface area (Å²) >= 11 is 0. The summed E-state index contributed by atoms with van der Waals surface area (Å²) in [7, 11) is 0. The summed E-state index contributed by atoms with van der Waals surface area (Å²) in [5, 5.41) is 5.50. The number of hydrogen-bond donors (Lipinski definition) is 2. The molecule has 0 radical (unpaired) electrons. The first kappa shape index (κ1) is 20.6. The average Bonchev–Trinajstić information content (AvgIpc) is 3.17. The van der Waals surface area contributed by atoms with E-state index in [0.29, 0.717) is 11.4 Å². The summed E-state index contributed by atoms with van der Waals surface area (Å²) < 4.78 is 14.7. The van der Waals surface area contributed by atoms with Gasteiger partial charge in [0.2, 0.25) is 11.8 Å². The minimum Gasteiger partial charge on any atom is -0.369 e. The second kappa shape index (κ2) is 9.89. The Labute approximate surface area is 167 Å². The van der Waals surface area contributed by atoms with Gasteiger partial charge in [0.15, 0.2) is 0 Å². The predicted octanol–water partition coefficient (Wildman–Crippen LogP) is 4.23. The molecule has 2 fully saturated rings. The van der Waals surface area contributed by atoms with Gasteiger partial charge in [-0.05, 0) is 50.8 Å². The molecule has 5 nitrogen and oxygen atoms in total. The van der Waals surface area contributed by atoms with Crippen LogP contribution in [0.3, 0.4) is 0 Å². The van der Waals surface area contributed by atoms with E-state index in [-0.39, 0.29) is 23.5 Å². The van der Waals surface area contributed by atoms with Crippen LogP contribution in [0.2, 0.25) is 0 Å². The zero-order valence-corrected chi connectivity index (χ0v) is 16.8. The van der Waals surface area contributed by atoms with Crippen LogP contribution < -0.4 is 15.5 Å². The highest BCUT2D eigenvalue weighted by molar-refractivity contribution is 5.97. The lowest BCUT2D eigenvalue weighted by molar-refractivity contribution is -0.128. The standard InChI is InChI=1S/C22H32FN3O2/c1-16(24-22(28)17-9-5-6-10-17)21(27)25-18-11-12-20(19(23)15-18)26-13-7-3-2-4-8-14-26/h11-12,15-17H,2-10,13-14H2,1H3,(H,24,28)(H,25,27)/t16-/m0/s1. The highest BCUT2D eigenvalue weighted by Gasteiger charge is 2.25. The summed E-state index contributed by atoms with van der Waals surface area (Å²) in [6.07, 6.45) is 9.73. The predicted molar refractivity (Wildman–Crippen MR) is 110 cm³/mol. The van der Waals surface area contributed by atoms with Crippen LogP contribution in [0.1, 0.15) is 64.7 Å². The normalized spacial score (nSPS) is 19.6. The fourth-order valence-electron chi connectivity index (χ4n) is 4.16. The molecule has 28 heavy (non-hydrogen) atoms. The molecule has 0 bridgehead atoms. The Balaban J connectivity index is 1.56. The SMILES string of the molecule is C[C@H](NC(=O)C1CCCC1)C(=O)Nc1ccc(N2CCCCCCC2)c(F)c1. The first-order chi connectivity index (χ1) is 13.5. The first-order valence-corrected chi connectivity index (χ1v) is 10.7. The maximum absolute atomic E-state index is 14.7. The largest absolute Gasteiger partial charge is 0.369 e. The molecule has 2 amide bonds. The fraction of sp³-hybridized carbons (Fsp3) is 0.636. The van der Waals surface area contributed by atoms with Gasteiger partial charge in [0.1, 0.15) is 11.9 Å². The van der Waals surface area contributed by atoms with Crippen molar-refractivity contribution in [2.24, 2.45) is 5.92 Å². The Bertz CT molecular complexity index is 680. The highest BCUT2D eigenvalue weighted by atomic mass is 19.1. The summed E-state index contributed by atoms with van der Waals surface area (Å²) in [4.78, 5) is 26.7. The molecule has 1 aliphatic heterocycles. The third kappa shape index (κ3) is 5.46.